The molecule has 1 heterocycles. The van der Waals surface area contributed by atoms with Crippen molar-refractivity contribution < 1.29 is 14.0 Å². The van der Waals surface area contributed by atoms with Gasteiger partial charge in [0, 0.05) is 5.92 Å². The molecule has 0 saturated carbocycles. The normalized spacial score (nSPS) is 32.9. The molecule has 1 aliphatic heterocycles. The first-order valence-electron chi connectivity index (χ1n) is 7.70. The lowest BCUT2D eigenvalue weighted by molar-refractivity contribution is -0.170. The van der Waals surface area contributed by atoms with Crippen LogP contribution in [0, 0.1) is 11.3 Å². The van der Waals surface area contributed by atoms with E-state index < -0.39 is 19.3 Å². The Morgan fingerprint density at radius 1 is 1.24 bits per heavy atom. The Kier molecular flexibility index (Phi) is 4.54. The number of amides is 1. The number of β-lactam (4-membered cyclic amide) rings is 1. The highest BCUT2D eigenvalue weighted by Crippen LogP contribution is 2.50. The first-order valence-corrected chi connectivity index (χ1v) is 10.6. The van der Waals surface area contributed by atoms with Crippen LogP contribution in [0.15, 0.2) is 0 Å². The van der Waals surface area contributed by atoms with E-state index in [2.05, 4.69) is 39.2 Å². The molecule has 0 unspecified atom stereocenters. The minimum absolute atomic E-state index is 0.0232. The van der Waals surface area contributed by atoms with Gasteiger partial charge < -0.3 is 14.5 Å². The Morgan fingerprint density at radius 3 is 2.05 bits per heavy atom. The number of aldehydes is 1. The molecule has 0 aromatic heterocycles. The van der Waals surface area contributed by atoms with E-state index in [0.717, 1.165) is 6.29 Å². The summed E-state index contributed by atoms with van der Waals surface area (Å²) in [6.07, 6.45) is 0.691. The summed E-state index contributed by atoms with van der Waals surface area (Å²) in [4.78, 5) is 23.5. The number of hydrogen-bond acceptors (Lipinski definition) is 3. The van der Waals surface area contributed by atoms with Gasteiger partial charge in [-0.2, -0.15) is 0 Å². The molecular weight excluding hydrogens is 282 g/mol. The molecule has 1 amide bonds. The van der Waals surface area contributed by atoms with Gasteiger partial charge in [0.25, 0.3) is 0 Å². The van der Waals surface area contributed by atoms with Gasteiger partial charge in [-0.15, -0.1) is 0 Å². The molecule has 21 heavy (non-hydrogen) atoms. The smallest absolute Gasteiger partial charge is 0.231 e. The van der Waals surface area contributed by atoms with E-state index >= 15 is 0 Å². The molecule has 0 spiro atoms. The second-order valence-electron chi connectivity index (χ2n) is 8.30. The van der Waals surface area contributed by atoms with Crippen molar-refractivity contribution in [1.82, 2.24) is 5.32 Å². The van der Waals surface area contributed by atoms with Crippen LogP contribution in [0.5, 0.6) is 0 Å². The second kappa shape index (κ2) is 5.20. The molecule has 122 valence electrons. The zero-order chi connectivity index (χ0) is 16.9. The Morgan fingerprint density at radius 2 is 1.71 bits per heavy atom. The van der Waals surface area contributed by atoms with Crippen molar-refractivity contribution in [3.8, 4) is 0 Å². The third-order valence-electron chi connectivity index (χ3n) is 6.13. The highest BCUT2D eigenvalue weighted by atomic mass is 28.4. The summed E-state index contributed by atoms with van der Waals surface area (Å²) >= 11 is 0. The van der Waals surface area contributed by atoms with E-state index in [-0.39, 0.29) is 23.0 Å². The van der Waals surface area contributed by atoms with Crippen LogP contribution >= 0.6 is 0 Å². The molecule has 1 fully saturated rings. The van der Waals surface area contributed by atoms with Crippen LogP contribution in [0.1, 0.15) is 48.5 Å². The summed E-state index contributed by atoms with van der Waals surface area (Å²) in [5.74, 6) is -0.268. The van der Waals surface area contributed by atoms with Gasteiger partial charge in [-0.3, -0.25) is 4.79 Å². The van der Waals surface area contributed by atoms with Gasteiger partial charge in [0.05, 0.1) is 17.1 Å². The molecule has 1 rings (SSSR count). The van der Waals surface area contributed by atoms with Gasteiger partial charge in [0.1, 0.15) is 6.29 Å². The number of nitrogens with one attached hydrogen (secondary N) is 1. The molecule has 1 aliphatic rings. The first kappa shape index (κ1) is 18.4. The number of carbonyl (C=O) groups is 2. The minimum atomic E-state index is -1.97. The van der Waals surface area contributed by atoms with Gasteiger partial charge >= 0.3 is 0 Å². The molecule has 0 radical (unpaired) electrons. The fraction of sp³-hybridized carbons (Fsp3) is 0.875. The van der Waals surface area contributed by atoms with Crippen LogP contribution in [0.4, 0.5) is 0 Å². The second-order valence-corrected chi connectivity index (χ2v) is 13.1. The molecule has 1 saturated heterocycles. The zero-order valence-corrected chi connectivity index (χ0v) is 16.0. The van der Waals surface area contributed by atoms with Crippen molar-refractivity contribution in [3.63, 3.8) is 0 Å². The zero-order valence-electron chi connectivity index (χ0n) is 15.0. The first-order chi connectivity index (χ1) is 9.24. The van der Waals surface area contributed by atoms with Crippen LogP contribution in [0.3, 0.4) is 0 Å². The van der Waals surface area contributed by atoms with E-state index in [4.69, 9.17) is 4.43 Å². The van der Waals surface area contributed by atoms with E-state index in [1.807, 2.05) is 27.7 Å². The lowest BCUT2D eigenvalue weighted by Gasteiger charge is -2.60. The Bertz CT molecular complexity index is 443. The van der Waals surface area contributed by atoms with Crippen molar-refractivity contribution in [1.29, 1.82) is 0 Å². The third-order valence-corrected chi connectivity index (χ3v) is 10.7. The van der Waals surface area contributed by atoms with Gasteiger partial charge in [-0.25, -0.2) is 0 Å². The SMILES string of the molecule is C[C@H](C=O)[C@@]1(C)NC(=O)[C@]1(C)[C@@H](C)O[Si](C)(C)C(C)(C)C. The summed E-state index contributed by atoms with van der Waals surface area (Å²) in [7, 11) is -1.97. The molecular formula is C16H31NO3Si. The lowest BCUT2D eigenvalue weighted by atomic mass is 9.56. The number of hydrogen-bond donors (Lipinski definition) is 1. The van der Waals surface area contributed by atoms with Gasteiger partial charge in [-0.1, -0.05) is 27.7 Å². The standard InChI is InChI=1S/C16H31NO3Si/c1-11(10-18)16(7)15(6,13(19)17-16)12(2)20-21(8,9)14(3,4)5/h10-12H,1-9H3,(H,17,19)/t11-,12-,15+,16-/m1/s1. The molecule has 5 heteroatoms. The fourth-order valence-corrected chi connectivity index (χ4v) is 4.21. The lowest BCUT2D eigenvalue weighted by Crippen LogP contribution is -2.80. The Hall–Kier alpha value is -0.683. The van der Waals surface area contributed by atoms with E-state index in [1.165, 1.54) is 0 Å². The average molecular weight is 314 g/mol. The maximum absolute atomic E-state index is 12.3. The summed E-state index contributed by atoms with van der Waals surface area (Å²) < 4.78 is 6.43. The molecule has 0 aliphatic carbocycles. The molecule has 4 atom stereocenters. The van der Waals surface area contributed by atoms with Crippen LogP contribution in [-0.2, 0) is 14.0 Å². The number of carbonyl (C=O) groups excluding carboxylic acids is 2. The summed E-state index contributed by atoms with van der Waals surface area (Å²) in [6, 6.07) is 0. The molecule has 0 bridgehead atoms. The quantitative estimate of drug-likeness (QED) is 0.482. The van der Waals surface area contributed by atoms with Gasteiger partial charge in [-0.05, 0) is 38.9 Å². The number of rotatable bonds is 5. The Balaban J connectivity index is 3.07. The van der Waals surface area contributed by atoms with Crippen molar-refractivity contribution >= 4 is 20.5 Å². The summed E-state index contributed by atoms with van der Waals surface area (Å²) in [5.41, 5.74) is -1.23. The predicted molar refractivity (Wildman–Crippen MR) is 87.6 cm³/mol. The maximum Gasteiger partial charge on any atom is 0.231 e. The average Bonchev–Trinajstić information content (AvgIpc) is 2.34. The molecule has 1 N–H and O–H groups in total. The molecule has 0 aromatic carbocycles. The largest absolute Gasteiger partial charge is 0.413 e. The topological polar surface area (TPSA) is 55.4 Å². The Labute approximate surface area is 130 Å². The predicted octanol–water partition coefficient (Wildman–Crippen LogP) is 3.13. The van der Waals surface area contributed by atoms with Gasteiger partial charge in [0.15, 0.2) is 8.32 Å². The van der Waals surface area contributed by atoms with Crippen LogP contribution in [0.25, 0.3) is 0 Å². The van der Waals surface area contributed by atoms with Crippen molar-refractivity contribution in [3.05, 3.63) is 0 Å². The molecule has 0 aromatic rings. The summed E-state index contributed by atoms with van der Waals surface area (Å²) in [6.45, 7) is 18.6. The highest BCUT2D eigenvalue weighted by molar-refractivity contribution is 6.74. The third kappa shape index (κ3) is 2.59. The van der Waals surface area contributed by atoms with E-state index in [0.29, 0.717) is 0 Å². The minimum Gasteiger partial charge on any atom is -0.413 e. The van der Waals surface area contributed by atoms with Gasteiger partial charge in [0.2, 0.25) is 5.91 Å². The van der Waals surface area contributed by atoms with Crippen molar-refractivity contribution in [2.75, 3.05) is 0 Å². The summed E-state index contributed by atoms with van der Waals surface area (Å²) in [5, 5.41) is 3.02. The maximum atomic E-state index is 12.3. The van der Waals surface area contributed by atoms with Crippen molar-refractivity contribution in [2.45, 2.75) is 78.2 Å². The van der Waals surface area contributed by atoms with Crippen molar-refractivity contribution in [2.24, 2.45) is 11.3 Å². The van der Waals surface area contributed by atoms with E-state index in [1.54, 1.807) is 0 Å². The molecule has 4 nitrogen and oxygen atoms in total. The van der Waals surface area contributed by atoms with Crippen LogP contribution in [0.2, 0.25) is 18.1 Å². The van der Waals surface area contributed by atoms with Crippen LogP contribution < -0.4 is 5.32 Å². The highest BCUT2D eigenvalue weighted by Gasteiger charge is 2.66. The fourth-order valence-electron chi connectivity index (χ4n) is 2.74. The van der Waals surface area contributed by atoms with Crippen LogP contribution in [-0.4, -0.2) is 32.2 Å². The monoisotopic (exact) mass is 313 g/mol. The van der Waals surface area contributed by atoms with E-state index in [9.17, 15) is 9.59 Å².